The summed E-state index contributed by atoms with van der Waals surface area (Å²) in [5.41, 5.74) is 3.33. The van der Waals surface area contributed by atoms with Crippen LogP contribution in [-0.4, -0.2) is 6.54 Å². The smallest absolute Gasteiger partial charge is 0.130 e. The fraction of sp³-hybridized carbons (Fsp3) is 0.0909. The minimum Gasteiger partial charge on any atom is -0.343 e. The van der Waals surface area contributed by atoms with Crippen molar-refractivity contribution in [3.8, 4) is 0 Å². The van der Waals surface area contributed by atoms with Gasteiger partial charge in [0.1, 0.15) is 5.16 Å². The minimum absolute atomic E-state index is 0.706. The maximum Gasteiger partial charge on any atom is 0.130 e. The third-order valence-corrected chi connectivity index (χ3v) is 2.81. The van der Waals surface area contributed by atoms with Gasteiger partial charge in [-0.05, 0) is 18.2 Å². The molecule has 0 atom stereocenters. The van der Waals surface area contributed by atoms with E-state index in [4.69, 9.17) is 11.6 Å². The third-order valence-electron chi connectivity index (χ3n) is 2.52. The fourth-order valence-electron chi connectivity index (χ4n) is 1.87. The Morgan fingerprint density at radius 1 is 1.29 bits per heavy atom. The van der Waals surface area contributed by atoms with Gasteiger partial charge in [0.05, 0.1) is 17.1 Å². The lowest BCUT2D eigenvalue weighted by Crippen LogP contribution is -2.24. The summed E-state index contributed by atoms with van der Waals surface area (Å²) in [5, 5.41) is 3.89. The van der Waals surface area contributed by atoms with E-state index in [2.05, 4.69) is 22.4 Å². The second-order valence-electron chi connectivity index (χ2n) is 3.35. The molecular weight excluding hydrogens is 196 g/mol. The van der Waals surface area contributed by atoms with E-state index in [1.54, 1.807) is 0 Å². The topological polar surface area (TPSA) is 15.3 Å². The van der Waals surface area contributed by atoms with Crippen molar-refractivity contribution in [3.63, 3.8) is 0 Å². The highest BCUT2D eigenvalue weighted by Crippen LogP contribution is 2.38. The van der Waals surface area contributed by atoms with Crippen LogP contribution in [0, 0.1) is 0 Å². The van der Waals surface area contributed by atoms with E-state index in [-0.39, 0.29) is 0 Å². The van der Waals surface area contributed by atoms with Gasteiger partial charge in [0.2, 0.25) is 0 Å². The number of hydrogen-bond acceptors (Lipinski definition) is 2. The number of allylic oxidation sites excluding steroid dienone is 1. The summed E-state index contributed by atoms with van der Waals surface area (Å²) in [6, 6.07) is 8.17. The number of benzene rings is 1. The monoisotopic (exact) mass is 204 g/mol. The molecule has 3 rings (SSSR count). The van der Waals surface area contributed by atoms with Gasteiger partial charge in [-0.15, -0.1) is 0 Å². The summed E-state index contributed by atoms with van der Waals surface area (Å²) in [4.78, 5) is 2.20. The van der Waals surface area contributed by atoms with Crippen LogP contribution >= 0.6 is 11.6 Å². The van der Waals surface area contributed by atoms with Gasteiger partial charge in [0.15, 0.2) is 0 Å². The number of fused-ring (bicyclic) bond motifs is 3. The van der Waals surface area contributed by atoms with Crippen LogP contribution in [0.25, 0.3) is 0 Å². The second-order valence-corrected chi connectivity index (χ2v) is 3.73. The van der Waals surface area contributed by atoms with Crippen molar-refractivity contribution in [1.82, 2.24) is 0 Å². The van der Waals surface area contributed by atoms with E-state index in [9.17, 15) is 0 Å². The standard InChI is InChI=1S/C11H9ClN2/c12-11-10-6-3-7-14(10)9-5-2-1-4-8(9)13-11/h1-6,13H,7H2. The summed E-state index contributed by atoms with van der Waals surface area (Å²) in [6.45, 7) is 0.907. The molecule has 70 valence electrons. The SMILES string of the molecule is ClC1=C2C=CCN2c2ccccc2N1. The molecular formula is C11H9ClN2. The molecule has 0 saturated carbocycles. The first-order valence-electron chi connectivity index (χ1n) is 4.56. The van der Waals surface area contributed by atoms with Crippen molar-refractivity contribution in [1.29, 1.82) is 0 Å². The Bertz CT molecular complexity index is 448. The molecule has 1 N–H and O–H groups in total. The number of anilines is 2. The van der Waals surface area contributed by atoms with Crippen LogP contribution in [0.1, 0.15) is 0 Å². The van der Waals surface area contributed by atoms with Crippen LogP contribution in [0.5, 0.6) is 0 Å². The van der Waals surface area contributed by atoms with E-state index in [0.717, 1.165) is 17.9 Å². The summed E-state index contributed by atoms with van der Waals surface area (Å²) in [5.74, 6) is 0. The minimum atomic E-state index is 0.706. The van der Waals surface area contributed by atoms with E-state index >= 15 is 0 Å². The van der Waals surface area contributed by atoms with Crippen molar-refractivity contribution < 1.29 is 0 Å². The van der Waals surface area contributed by atoms with Gasteiger partial charge < -0.3 is 10.2 Å². The first-order valence-corrected chi connectivity index (χ1v) is 4.94. The van der Waals surface area contributed by atoms with Gasteiger partial charge in [-0.2, -0.15) is 0 Å². The third kappa shape index (κ3) is 0.976. The molecule has 2 heterocycles. The van der Waals surface area contributed by atoms with Crippen LogP contribution in [0.4, 0.5) is 11.4 Å². The summed E-state index contributed by atoms with van der Waals surface area (Å²) in [7, 11) is 0. The Morgan fingerprint density at radius 2 is 2.14 bits per heavy atom. The van der Waals surface area contributed by atoms with Gasteiger partial charge >= 0.3 is 0 Å². The van der Waals surface area contributed by atoms with Crippen LogP contribution in [0.2, 0.25) is 0 Å². The first-order chi connectivity index (χ1) is 6.86. The highest BCUT2D eigenvalue weighted by atomic mass is 35.5. The number of para-hydroxylation sites is 2. The molecule has 0 aliphatic carbocycles. The zero-order valence-electron chi connectivity index (χ0n) is 7.50. The van der Waals surface area contributed by atoms with Crippen molar-refractivity contribution in [2.24, 2.45) is 0 Å². The molecule has 2 aliphatic heterocycles. The van der Waals surface area contributed by atoms with Crippen LogP contribution in [0.15, 0.2) is 47.3 Å². The average molecular weight is 205 g/mol. The summed E-state index contributed by atoms with van der Waals surface area (Å²) < 4.78 is 0. The van der Waals surface area contributed by atoms with E-state index < -0.39 is 0 Å². The summed E-state index contributed by atoms with van der Waals surface area (Å²) >= 11 is 6.12. The van der Waals surface area contributed by atoms with E-state index in [1.807, 2.05) is 24.3 Å². The maximum absolute atomic E-state index is 6.12. The van der Waals surface area contributed by atoms with Gasteiger partial charge in [-0.3, -0.25) is 0 Å². The number of nitrogens with zero attached hydrogens (tertiary/aromatic N) is 1. The molecule has 3 heteroatoms. The van der Waals surface area contributed by atoms with Crippen LogP contribution < -0.4 is 10.2 Å². The molecule has 0 aromatic heterocycles. The number of halogens is 1. The second kappa shape index (κ2) is 2.79. The number of hydrogen-bond donors (Lipinski definition) is 1. The Balaban J connectivity index is 2.18. The Morgan fingerprint density at radius 3 is 3.07 bits per heavy atom. The summed E-state index contributed by atoms with van der Waals surface area (Å²) in [6.07, 6.45) is 4.16. The molecule has 0 fully saturated rings. The molecule has 0 bridgehead atoms. The van der Waals surface area contributed by atoms with Crippen molar-refractivity contribution in [2.75, 3.05) is 16.8 Å². The Hall–Kier alpha value is -1.41. The number of nitrogens with one attached hydrogen (secondary N) is 1. The number of rotatable bonds is 0. The molecule has 0 radical (unpaired) electrons. The molecule has 0 amide bonds. The Labute approximate surface area is 87.5 Å². The van der Waals surface area contributed by atoms with Crippen molar-refractivity contribution >= 4 is 23.0 Å². The predicted molar refractivity (Wildman–Crippen MR) is 59.4 cm³/mol. The van der Waals surface area contributed by atoms with Crippen molar-refractivity contribution in [3.05, 3.63) is 47.3 Å². The van der Waals surface area contributed by atoms with E-state index in [0.29, 0.717) is 5.16 Å². The van der Waals surface area contributed by atoms with Gasteiger partial charge in [0, 0.05) is 6.54 Å². The van der Waals surface area contributed by atoms with Crippen LogP contribution in [-0.2, 0) is 0 Å². The molecule has 1 aromatic carbocycles. The quantitative estimate of drug-likeness (QED) is 0.654. The highest BCUT2D eigenvalue weighted by molar-refractivity contribution is 6.32. The Kier molecular flexibility index (Phi) is 1.58. The maximum atomic E-state index is 6.12. The molecule has 0 spiro atoms. The van der Waals surface area contributed by atoms with Gasteiger partial charge in [-0.1, -0.05) is 29.8 Å². The molecule has 2 nitrogen and oxygen atoms in total. The van der Waals surface area contributed by atoms with Crippen LogP contribution in [0.3, 0.4) is 0 Å². The zero-order valence-corrected chi connectivity index (χ0v) is 8.25. The van der Waals surface area contributed by atoms with Gasteiger partial charge in [0.25, 0.3) is 0 Å². The highest BCUT2D eigenvalue weighted by Gasteiger charge is 2.24. The molecule has 0 unspecified atom stereocenters. The lowest BCUT2D eigenvalue weighted by atomic mass is 10.2. The first kappa shape index (κ1) is 7.94. The normalized spacial score (nSPS) is 17.9. The molecule has 2 aliphatic rings. The predicted octanol–water partition coefficient (Wildman–Crippen LogP) is 2.90. The van der Waals surface area contributed by atoms with E-state index in [1.165, 1.54) is 5.69 Å². The largest absolute Gasteiger partial charge is 0.343 e. The average Bonchev–Trinajstić information content (AvgIpc) is 2.67. The zero-order chi connectivity index (χ0) is 9.54. The van der Waals surface area contributed by atoms with Gasteiger partial charge in [-0.25, -0.2) is 0 Å². The lowest BCUT2D eigenvalue weighted by molar-refractivity contribution is 1.06. The molecule has 1 aromatic rings. The molecule has 0 saturated heterocycles. The fourth-order valence-corrected chi connectivity index (χ4v) is 2.14. The molecule has 14 heavy (non-hydrogen) atoms. The van der Waals surface area contributed by atoms with Crippen molar-refractivity contribution in [2.45, 2.75) is 0 Å². The lowest BCUT2D eigenvalue weighted by Gasteiger charge is -2.29.